The van der Waals surface area contributed by atoms with Crippen molar-refractivity contribution in [2.75, 3.05) is 6.79 Å². The Morgan fingerprint density at radius 1 is 1.19 bits per heavy atom. The molecular weight excluding hydrogens is 293 g/mol. The first-order valence-electron chi connectivity index (χ1n) is 6.24. The van der Waals surface area contributed by atoms with Crippen molar-refractivity contribution in [2.45, 2.75) is 6.61 Å². The average Bonchev–Trinajstić information content (AvgIpc) is 2.93. The zero-order valence-electron chi connectivity index (χ0n) is 11.0. The Morgan fingerprint density at radius 3 is 2.76 bits per heavy atom. The van der Waals surface area contributed by atoms with Crippen LogP contribution in [-0.4, -0.2) is 11.8 Å². The molecule has 0 saturated heterocycles. The number of benzene rings is 2. The van der Waals surface area contributed by atoms with Crippen LogP contribution in [0.5, 0.6) is 17.2 Å². The van der Waals surface area contributed by atoms with Crippen molar-refractivity contribution in [1.29, 1.82) is 0 Å². The summed E-state index contributed by atoms with van der Waals surface area (Å²) in [6.45, 7) is 0.439. The van der Waals surface area contributed by atoms with E-state index in [1.807, 2.05) is 12.1 Å². The van der Waals surface area contributed by atoms with E-state index >= 15 is 0 Å². The summed E-state index contributed by atoms with van der Waals surface area (Å²) in [7, 11) is 0. The van der Waals surface area contributed by atoms with E-state index in [2.05, 4.69) is 0 Å². The molecule has 4 nitrogen and oxygen atoms in total. The lowest BCUT2D eigenvalue weighted by molar-refractivity contribution is 0.174. The van der Waals surface area contributed by atoms with Gasteiger partial charge in [0.05, 0.1) is 0 Å². The second-order valence-corrected chi connectivity index (χ2v) is 4.93. The van der Waals surface area contributed by atoms with E-state index < -0.39 is 5.82 Å². The van der Waals surface area contributed by atoms with Crippen molar-refractivity contribution >= 4 is 17.2 Å². The van der Waals surface area contributed by atoms with Crippen molar-refractivity contribution in [3.63, 3.8) is 0 Å². The lowest BCUT2D eigenvalue weighted by atomic mass is 10.2. The third-order valence-electron chi connectivity index (χ3n) is 3.05. The number of fused-ring (bicyclic) bond motifs is 1. The standard InChI is InChI=1S/C15H12FNO3S/c16-11-6-10(15(17)21)2-4-12(11)18-7-9-1-3-13-14(5-9)20-8-19-13/h1-6H,7-8H2,(H2,17,21). The summed E-state index contributed by atoms with van der Waals surface area (Å²) < 4.78 is 29.8. The van der Waals surface area contributed by atoms with Gasteiger partial charge in [-0.1, -0.05) is 18.3 Å². The van der Waals surface area contributed by atoms with Gasteiger partial charge in [-0.05, 0) is 35.9 Å². The number of hydrogen-bond acceptors (Lipinski definition) is 4. The Kier molecular flexibility index (Phi) is 3.62. The van der Waals surface area contributed by atoms with Crippen LogP contribution < -0.4 is 19.9 Å². The number of ether oxygens (including phenoxy) is 3. The third-order valence-corrected chi connectivity index (χ3v) is 3.28. The Balaban J connectivity index is 1.71. The average molecular weight is 305 g/mol. The number of thiocarbonyl (C=S) groups is 1. The predicted octanol–water partition coefficient (Wildman–Crippen LogP) is 2.77. The molecule has 2 aromatic carbocycles. The maximum atomic E-state index is 13.8. The molecule has 2 N–H and O–H groups in total. The highest BCUT2D eigenvalue weighted by Crippen LogP contribution is 2.32. The summed E-state index contributed by atoms with van der Waals surface area (Å²) in [6, 6.07) is 9.85. The number of rotatable bonds is 4. The molecule has 0 atom stereocenters. The van der Waals surface area contributed by atoms with Gasteiger partial charge in [0.15, 0.2) is 23.1 Å². The Bertz CT molecular complexity index is 705. The highest BCUT2D eigenvalue weighted by Gasteiger charge is 2.13. The van der Waals surface area contributed by atoms with E-state index in [1.165, 1.54) is 12.1 Å². The zero-order chi connectivity index (χ0) is 14.8. The van der Waals surface area contributed by atoms with Crippen molar-refractivity contribution in [1.82, 2.24) is 0 Å². The quantitative estimate of drug-likeness (QED) is 0.880. The van der Waals surface area contributed by atoms with E-state index in [0.29, 0.717) is 17.1 Å². The fraction of sp³-hybridized carbons (Fsp3) is 0.133. The van der Waals surface area contributed by atoms with Crippen molar-refractivity contribution in [3.8, 4) is 17.2 Å². The molecule has 1 heterocycles. The summed E-state index contributed by atoms with van der Waals surface area (Å²) in [5.74, 6) is 1.01. The van der Waals surface area contributed by atoms with Crippen LogP contribution in [-0.2, 0) is 6.61 Å². The van der Waals surface area contributed by atoms with E-state index in [0.717, 1.165) is 5.56 Å². The molecule has 0 amide bonds. The van der Waals surface area contributed by atoms with E-state index in [1.54, 1.807) is 12.1 Å². The van der Waals surface area contributed by atoms with E-state index in [4.69, 9.17) is 32.2 Å². The van der Waals surface area contributed by atoms with Gasteiger partial charge in [-0.15, -0.1) is 0 Å². The van der Waals surface area contributed by atoms with Crippen LogP contribution in [0, 0.1) is 5.82 Å². The lowest BCUT2D eigenvalue weighted by Gasteiger charge is -2.09. The van der Waals surface area contributed by atoms with Crippen LogP contribution in [0.15, 0.2) is 36.4 Å². The molecule has 21 heavy (non-hydrogen) atoms. The summed E-state index contributed by atoms with van der Waals surface area (Å²) in [5, 5.41) is 0. The van der Waals surface area contributed by atoms with Gasteiger partial charge in [0, 0.05) is 5.56 Å². The monoisotopic (exact) mass is 305 g/mol. The highest BCUT2D eigenvalue weighted by atomic mass is 32.1. The SMILES string of the molecule is NC(=S)c1ccc(OCc2ccc3c(c2)OCO3)c(F)c1. The van der Waals surface area contributed by atoms with E-state index in [9.17, 15) is 4.39 Å². The van der Waals surface area contributed by atoms with Gasteiger partial charge < -0.3 is 19.9 Å². The van der Waals surface area contributed by atoms with Crippen molar-refractivity contribution < 1.29 is 18.6 Å². The van der Waals surface area contributed by atoms with Crippen molar-refractivity contribution in [3.05, 3.63) is 53.3 Å². The van der Waals surface area contributed by atoms with Gasteiger partial charge in [-0.3, -0.25) is 0 Å². The Morgan fingerprint density at radius 2 is 2.00 bits per heavy atom. The highest BCUT2D eigenvalue weighted by molar-refractivity contribution is 7.80. The smallest absolute Gasteiger partial charge is 0.231 e. The predicted molar refractivity (Wildman–Crippen MR) is 79.2 cm³/mol. The molecule has 1 aliphatic rings. The first kappa shape index (κ1) is 13.6. The van der Waals surface area contributed by atoms with Gasteiger partial charge >= 0.3 is 0 Å². The van der Waals surface area contributed by atoms with Gasteiger partial charge in [0.1, 0.15) is 11.6 Å². The molecule has 3 rings (SSSR count). The fourth-order valence-electron chi connectivity index (χ4n) is 1.96. The van der Waals surface area contributed by atoms with Gasteiger partial charge in [0.2, 0.25) is 6.79 Å². The molecule has 0 spiro atoms. The largest absolute Gasteiger partial charge is 0.486 e. The summed E-state index contributed by atoms with van der Waals surface area (Å²) in [4.78, 5) is 0.149. The maximum Gasteiger partial charge on any atom is 0.231 e. The van der Waals surface area contributed by atoms with Crippen LogP contribution in [0.25, 0.3) is 0 Å². The van der Waals surface area contributed by atoms with Crippen LogP contribution in [0.2, 0.25) is 0 Å². The molecule has 0 unspecified atom stereocenters. The van der Waals surface area contributed by atoms with Gasteiger partial charge in [-0.25, -0.2) is 4.39 Å². The topological polar surface area (TPSA) is 53.7 Å². The first-order valence-corrected chi connectivity index (χ1v) is 6.65. The van der Waals surface area contributed by atoms with Crippen LogP contribution >= 0.6 is 12.2 Å². The summed E-state index contributed by atoms with van der Waals surface area (Å²) >= 11 is 4.80. The number of nitrogens with two attached hydrogens (primary N) is 1. The molecule has 0 aliphatic carbocycles. The molecule has 0 saturated carbocycles. The molecule has 0 fully saturated rings. The van der Waals surface area contributed by atoms with Crippen molar-refractivity contribution in [2.24, 2.45) is 5.73 Å². The second-order valence-electron chi connectivity index (χ2n) is 4.49. The van der Waals surface area contributed by atoms with Gasteiger partial charge in [0.25, 0.3) is 0 Å². The molecule has 0 bridgehead atoms. The molecule has 1 aliphatic heterocycles. The molecular formula is C15H12FNO3S. The lowest BCUT2D eigenvalue weighted by Crippen LogP contribution is -2.09. The van der Waals surface area contributed by atoms with Crippen LogP contribution in [0.3, 0.4) is 0 Å². The Labute approximate surface area is 126 Å². The molecule has 0 radical (unpaired) electrons. The fourth-order valence-corrected chi connectivity index (χ4v) is 2.09. The minimum atomic E-state index is -0.499. The number of hydrogen-bond donors (Lipinski definition) is 1. The molecule has 108 valence electrons. The molecule has 2 aromatic rings. The van der Waals surface area contributed by atoms with Crippen LogP contribution in [0.4, 0.5) is 4.39 Å². The Hall–Kier alpha value is -2.34. The molecule has 6 heteroatoms. The third kappa shape index (κ3) is 2.90. The van der Waals surface area contributed by atoms with Gasteiger partial charge in [-0.2, -0.15) is 0 Å². The zero-order valence-corrected chi connectivity index (χ0v) is 11.8. The van der Waals surface area contributed by atoms with E-state index in [-0.39, 0.29) is 24.1 Å². The van der Waals surface area contributed by atoms with Crippen LogP contribution in [0.1, 0.15) is 11.1 Å². The first-order chi connectivity index (χ1) is 10.1. The normalized spacial score (nSPS) is 12.2. The summed E-state index contributed by atoms with van der Waals surface area (Å²) in [6.07, 6.45) is 0. The molecule has 0 aromatic heterocycles. The number of halogens is 1. The minimum absolute atomic E-state index is 0.146. The summed E-state index contributed by atoms with van der Waals surface area (Å²) in [5.41, 5.74) is 6.78. The second kappa shape index (κ2) is 5.57. The minimum Gasteiger partial charge on any atom is -0.486 e. The maximum absolute atomic E-state index is 13.8.